The Morgan fingerprint density at radius 3 is 2.71 bits per heavy atom. The van der Waals surface area contributed by atoms with E-state index in [-0.39, 0.29) is 5.82 Å². The minimum absolute atomic E-state index is 0.184. The molecule has 1 aliphatic rings. The summed E-state index contributed by atoms with van der Waals surface area (Å²) in [5.74, 6) is 1.63. The summed E-state index contributed by atoms with van der Waals surface area (Å²) in [6.07, 6.45) is 1.41. The number of nitrogens with one attached hydrogen (secondary N) is 1. The van der Waals surface area contributed by atoms with Crippen LogP contribution in [0.3, 0.4) is 0 Å². The van der Waals surface area contributed by atoms with Crippen LogP contribution in [-0.4, -0.2) is 23.4 Å². The lowest BCUT2D eigenvalue weighted by molar-refractivity contribution is 0.414. The van der Waals surface area contributed by atoms with Crippen LogP contribution < -0.4 is 10.1 Å². The van der Waals surface area contributed by atoms with Gasteiger partial charge in [-0.25, -0.2) is 9.07 Å². The number of ether oxygens (including phenoxy) is 1. The molecule has 1 aromatic heterocycles. The number of anilines is 1. The maximum atomic E-state index is 14.0. The van der Waals surface area contributed by atoms with Gasteiger partial charge < -0.3 is 10.1 Å². The second kappa shape index (κ2) is 6.00. The van der Waals surface area contributed by atoms with Crippen molar-refractivity contribution in [1.29, 1.82) is 0 Å². The number of hydrogen-bond donors (Lipinski definition) is 1. The van der Waals surface area contributed by atoms with Crippen LogP contribution in [0.1, 0.15) is 16.8 Å². The lowest BCUT2D eigenvalue weighted by Crippen LogP contribution is -2.05. The third-order valence-corrected chi connectivity index (χ3v) is 4.37. The lowest BCUT2D eigenvalue weighted by Gasteiger charge is -2.07. The van der Waals surface area contributed by atoms with Crippen molar-refractivity contribution in [1.82, 2.24) is 9.78 Å². The van der Waals surface area contributed by atoms with Crippen molar-refractivity contribution >= 4 is 5.82 Å². The standard InChI is InChI=1S/C19H18FN3O/c1-24-15-8-6-14(7-9-15)23-19-16(10-11-21-19)18(22-23)12-13-4-2-3-5-17(13)20/h2-9,21H,10-12H2,1H3. The summed E-state index contributed by atoms with van der Waals surface area (Å²) < 4.78 is 21.1. The highest BCUT2D eigenvalue weighted by atomic mass is 19.1. The number of rotatable bonds is 4. The Labute approximate surface area is 139 Å². The Bertz CT molecular complexity index is 871. The molecule has 3 aromatic rings. The first-order valence-electron chi connectivity index (χ1n) is 7.99. The number of benzene rings is 2. The molecule has 0 saturated heterocycles. The molecule has 4 nitrogen and oxygen atoms in total. The van der Waals surface area contributed by atoms with E-state index in [0.717, 1.165) is 35.9 Å². The molecule has 122 valence electrons. The van der Waals surface area contributed by atoms with Gasteiger partial charge in [0, 0.05) is 18.5 Å². The third-order valence-electron chi connectivity index (χ3n) is 4.37. The topological polar surface area (TPSA) is 39.1 Å². The first kappa shape index (κ1) is 14.8. The Morgan fingerprint density at radius 2 is 1.96 bits per heavy atom. The second-order valence-corrected chi connectivity index (χ2v) is 5.83. The van der Waals surface area contributed by atoms with Crippen molar-refractivity contribution in [3.05, 3.63) is 71.2 Å². The van der Waals surface area contributed by atoms with Crippen LogP contribution in [0, 0.1) is 5.82 Å². The molecule has 0 fully saturated rings. The molecule has 0 spiro atoms. The minimum atomic E-state index is -0.184. The largest absolute Gasteiger partial charge is 0.497 e. The van der Waals surface area contributed by atoms with E-state index >= 15 is 0 Å². The van der Waals surface area contributed by atoms with E-state index in [0.29, 0.717) is 12.0 Å². The number of fused-ring (bicyclic) bond motifs is 1. The van der Waals surface area contributed by atoms with E-state index in [4.69, 9.17) is 9.84 Å². The third kappa shape index (κ3) is 2.52. The summed E-state index contributed by atoms with van der Waals surface area (Å²) >= 11 is 0. The molecule has 5 heteroatoms. The van der Waals surface area contributed by atoms with E-state index < -0.39 is 0 Å². The zero-order valence-electron chi connectivity index (χ0n) is 13.4. The zero-order chi connectivity index (χ0) is 16.5. The molecule has 0 atom stereocenters. The molecule has 24 heavy (non-hydrogen) atoms. The van der Waals surface area contributed by atoms with E-state index in [9.17, 15) is 4.39 Å². The first-order valence-corrected chi connectivity index (χ1v) is 7.99. The fraction of sp³-hybridized carbons (Fsp3) is 0.211. The van der Waals surface area contributed by atoms with Crippen molar-refractivity contribution < 1.29 is 9.13 Å². The van der Waals surface area contributed by atoms with Crippen molar-refractivity contribution in [3.8, 4) is 11.4 Å². The summed E-state index contributed by atoms with van der Waals surface area (Å²) in [6, 6.07) is 14.6. The molecule has 0 bridgehead atoms. The fourth-order valence-corrected chi connectivity index (χ4v) is 3.12. The van der Waals surface area contributed by atoms with E-state index in [1.54, 1.807) is 13.2 Å². The van der Waals surface area contributed by atoms with Gasteiger partial charge in [0.15, 0.2) is 0 Å². The van der Waals surface area contributed by atoms with Gasteiger partial charge in [0.1, 0.15) is 17.4 Å². The molecule has 0 unspecified atom stereocenters. The van der Waals surface area contributed by atoms with Crippen molar-refractivity contribution in [2.75, 3.05) is 19.0 Å². The molecule has 0 amide bonds. The summed E-state index contributed by atoms with van der Waals surface area (Å²) in [5, 5.41) is 8.13. The van der Waals surface area contributed by atoms with Crippen LogP contribution in [0.15, 0.2) is 48.5 Å². The number of methoxy groups -OCH3 is 1. The molecule has 0 saturated carbocycles. The average molecular weight is 323 g/mol. The molecule has 1 aliphatic heterocycles. The van der Waals surface area contributed by atoms with Gasteiger partial charge in [-0.1, -0.05) is 18.2 Å². The predicted octanol–water partition coefficient (Wildman–Crippen LogP) is 3.58. The van der Waals surface area contributed by atoms with Crippen LogP contribution in [-0.2, 0) is 12.8 Å². The highest BCUT2D eigenvalue weighted by molar-refractivity contribution is 5.58. The van der Waals surface area contributed by atoms with E-state index in [1.165, 1.54) is 11.6 Å². The molecule has 2 heterocycles. The molecular formula is C19H18FN3O. The Hall–Kier alpha value is -2.82. The lowest BCUT2D eigenvalue weighted by atomic mass is 10.1. The van der Waals surface area contributed by atoms with Gasteiger partial charge in [0.2, 0.25) is 0 Å². The van der Waals surface area contributed by atoms with Crippen LogP contribution in [0.4, 0.5) is 10.2 Å². The number of nitrogens with zero attached hydrogens (tertiary/aromatic N) is 2. The van der Waals surface area contributed by atoms with Crippen molar-refractivity contribution in [3.63, 3.8) is 0 Å². The molecule has 1 N–H and O–H groups in total. The van der Waals surface area contributed by atoms with Crippen LogP contribution in [0.5, 0.6) is 5.75 Å². The van der Waals surface area contributed by atoms with Gasteiger partial charge >= 0.3 is 0 Å². The Balaban J connectivity index is 1.73. The molecular weight excluding hydrogens is 305 g/mol. The van der Waals surface area contributed by atoms with Gasteiger partial charge in [-0.3, -0.25) is 0 Å². The second-order valence-electron chi connectivity index (χ2n) is 5.83. The highest BCUT2D eigenvalue weighted by Gasteiger charge is 2.23. The van der Waals surface area contributed by atoms with Crippen LogP contribution >= 0.6 is 0 Å². The number of hydrogen-bond acceptors (Lipinski definition) is 3. The zero-order valence-corrected chi connectivity index (χ0v) is 13.4. The summed E-state index contributed by atoms with van der Waals surface area (Å²) in [6.45, 7) is 0.883. The molecule has 4 rings (SSSR count). The summed E-state index contributed by atoms with van der Waals surface area (Å²) in [4.78, 5) is 0. The van der Waals surface area contributed by atoms with Gasteiger partial charge in [-0.05, 0) is 42.3 Å². The highest BCUT2D eigenvalue weighted by Crippen LogP contribution is 2.30. The predicted molar refractivity (Wildman–Crippen MR) is 91.5 cm³/mol. The van der Waals surface area contributed by atoms with Gasteiger partial charge in [-0.2, -0.15) is 5.10 Å². The van der Waals surface area contributed by atoms with Gasteiger partial charge in [0.05, 0.1) is 18.5 Å². The quantitative estimate of drug-likeness (QED) is 0.798. The fourth-order valence-electron chi connectivity index (χ4n) is 3.12. The molecule has 0 aliphatic carbocycles. The smallest absolute Gasteiger partial charge is 0.133 e. The van der Waals surface area contributed by atoms with Crippen LogP contribution in [0.2, 0.25) is 0 Å². The minimum Gasteiger partial charge on any atom is -0.497 e. The van der Waals surface area contributed by atoms with E-state index in [2.05, 4.69) is 5.32 Å². The normalized spacial score (nSPS) is 12.8. The van der Waals surface area contributed by atoms with Gasteiger partial charge in [-0.15, -0.1) is 0 Å². The van der Waals surface area contributed by atoms with E-state index in [1.807, 2.05) is 41.1 Å². The van der Waals surface area contributed by atoms with Crippen LogP contribution in [0.25, 0.3) is 5.69 Å². The Kier molecular flexibility index (Phi) is 3.69. The number of halogens is 1. The molecule has 2 aromatic carbocycles. The van der Waals surface area contributed by atoms with Crippen molar-refractivity contribution in [2.24, 2.45) is 0 Å². The SMILES string of the molecule is COc1ccc(-n2nc(Cc3ccccc3F)c3c2NCC3)cc1. The molecule has 0 radical (unpaired) electrons. The average Bonchev–Trinajstić information content (AvgIpc) is 3.21. The number of aromatic nitrogens is 2. The maximum absolute atomic E-state index is 14.0. The van der Waals surface area contributed by atoms with Crippen molar-refractivity contribution in [2.45, 2.75) is 12.8 Å². The monoisotopic (exact) mass is 323 g/mol. The van der Waals surface area contributed by atoms with Gasteiger partial charge in [0.25, 0.3) is 0 Å². The maximum Gasteiger partial charge on any atom is 0.133 e. The summed E-state index contributed by atoms with van der Waals surface area (Å²) in [7, 11) is 1.65. The first-order chi connectivity index (χ1) is 11.8. The summed E-state index contributed by atoms with van der Waals surface area (Å²) in [5.41, 5.74) is 3.73. The Morgan fingerprint density at radius 1 is 1.17 bits per heavy atom.